The van der Waals surface area contributed by atoms with Crippen molar-refractivity contribution in [2.24, 2.45) is 5.73 Å². The van der Waals surface area contributed by atoms with Gasteiger partial charge >= 0.3 is 0 Å². The van der Waals surface area contributed by atoms with Gasteiger partial charge in [-0.1, -0.05) is 16.8 Å². The summed E-state index contributed by atoms with van der Waals surface area (Å²) in [6.07, 6.45) is -0.467. The van der Waals surface area contributed by atoms with Gasteiger partial charge < -0.3 is 15.0 Å². The first-order chi connectivity index (χ1) is 8.65. The van der Waals surface area contributed by atoms with Gasteiger partial charge in [-0.25, -0.2) is 4.39 Å². The quantitative estimate of drug-likeness (QED) is 0.922. The third kappa shape index (κ3) is 2.50. The average molecular weight is 272 g/mol. The number of rotatable bonds is 4. The largest absolute Gasteiger partial charge is 0.370 e. The summed E-state index contributed by atoms with van der Waals surface area (Å²) < 4.78 is 23.0. The van der Waals surface area contributed by atoms with Crippen molar-refractivity contribution in [3.63, 3.8) is 0 Å². The maximum atomic E-state index is 12.9. The number of hydrogen-bond acceptors (Lipinski definition) is 5. The van der Waals surface area contributed by atoms with E-state index in [-0.39, 0.29) is 23.3 Å². The molecule has 0 saturated carbocycles. The van der Waals surface area contributed by atoms with Gasteiger partial charge in [-0.15, -0.1) is 0 Å². The Labute approximate surface area is 108 Å². The first kappa shape index (κ1) is 12.9. The maximum Gasteiger partial charge on any atom is 0.257 e. The van der Waals surface area contributed by atoms with Crippen molar-refractivity contribution < 1.29 is 13.7 Å². The zero-order valence-corrected chi connectivity index (χ0v) is 10.3. The number of hydrogen-bond donors (Lipinski definition) is 1. The fraction of sp³-hybridized carbons (Fsp3) is 0.273. The highest BCUT2D eigenvalue weighted by atomic mass is 35.5. The van der Waals surface area contributed by atoms with Gasteiger partial charge in [0.2, 0.25) is 5.82 Å². The molecule has 5 nitrogen and oxygen atoms in total. The van der Waals surface area contributed by atoms with Crippen LogP contribution in [0.2, 0.25) is 5.02 Å². The molecule has 0 fully saturated rings. The molecule has 96 valence electrons. The van der Waals surface area contributed by atoms with Gasteiger partial charge in [-0.2, -0.15) is 4.98 Å². The zero-order chi connectivity index (χ0) is 13.1. The van der Waals surface area contributed by atoms with Gasteiger partial charge in [0.25, 0.3) is 5.89 Å². The second-order valence-electron chi connectivity index (χ2n) is 3.54. The molecule has 0 amide bonds. The fourth-order valence-electron chi connectivity index (χ4n) is 1.44. The Morgan fingerprint density at radius 1 is 1.56 bits per heavy atom. The topological polar surface area (TPSA) is 74.2 Å². The second kappa shape index (κ2) is 5.43. The van der Waals surface area contributed by atoms with Crippen LogP contribution >= 0.6 is 11.6 Å². The van der Waals surface area contributed by atoms with Gasteiger partial charge in [0.15, 0.2) is 0 Å². The SMILES string of the molecule is COC(CN)c1nc(-c2ccc(F)cc2Cl)no1. The molecule has 0 spiro atoms. The predicted octanol–water partition coefficient (Wildman–Crippen LogP) is 2.18. The third-order valence-electron chi connectivity index (χ3n) is 2.39. The van der Waals surface area contributed by atoms with Crippen LogP contribution in [-0.2, 0) is 4.74 Å². The summed E-state index contributed by atoms with van der Waals surface area (Å²) in [5.41, 5.74) is 5.97. The lowest BCUT2D eigenvalue weighted by atomic mass is 10.2. The lowest BCUT2D eigenvalue weighted by Gasteiger charge is -2.05. The van der Waals surface area contributed by atoms with E-state index in [0.29, 0.717) is 5.56 Å². The molecule has 0 radical (unpaired) electrons. The third-order valence-corrected chi connectivity index (χ3v) is 2.70. The Morgan fingerprint density at radius 3 is 2.94 bits per heavy atom. The van der Waals surface area contributed by atoms with Gasteiger partial charge in [0.05, 0.1) is 5.02 Å². The molecule has 2 aromatic rings. The van der Waals surface area contributed by atoms with E-state index in [1.54, 1.807) is 0 Å². The highest BCUT2D eigenvalue weighted by Crippen LogP contribution is 2.27. The van der Waals surface area contributed by atoms with Crippen molar-refractivity contribution in [3.8, 4) is 11.4 Å². The normalized spacial score (nSPS) is 12.7. The Kier molecular flexibility index (Phi) is 3.90. The van der Waals surface area contributed by atoms with Crippen LogP contribution in [-0.4, -0.2) is 23.8 Å². The van der Waals surface area contributed by atoms with E-state index >= 15 is 0 Å². The Hall–Kier alpha value is -1.50. The number of nitrogens with zero attached hydrogens (tertiary/aromatic N) is 2. The molecular formula is C11H11ClFN3O2. The van der Waals surface area contributed by atoms with Crippen LogP contribution in [0.5, 0.6) is 0 Å². The minimum absolute atomic E-state index is 0.212. The van der Waals surface area contributed by atoms with Crippen LogP contribution in [0.3, 0.4) is 0 Å². The molecule has 18 heavy (non-hydrogen) atoms. The predicted molar refractivity (Wildman–Crippen MR) is 63.5 cm³/mol. The summed E-state index contributed by atoms with van der Waals surface area (Å²) in [7, 11) is 1.49. The Bertz CT molecular complexity index is 543. The monoisotopic (exact) mass is 271 g/mol. The minimum atomic E-state index is -0.467. The summed E-state index contributed by atoms with van der Waals surface area (Å²) in [4.78, 5) is 4.12. The first-order valence-electron chi connectivity index (χ1n) is 5.17. The molecule has 2 N–H and O–H groups in total. The van der Waals surface area contributed by atoms with Gasteiger partial charge in [-0.3, -0.25) is 0 Å². The lowest BCUT2D eigenvalue weighted by Crippen LogP contribution is -2.14. The standard InChI is InChI=1S/C11H11ClFN3O2/c1-17-9(5-14)11-15-10(16-18-11)7-3-2-6(13)4-8(7)12/h2-4,9H,5,14H2,1H3. The van der Waals surface area contributed by atoms with Crippen LogP contribution in [0, 0.1) is 5.82 Å². The molecule has 0 aliphatic heterocycles. The first-order valence-corrected chi connectivity index (χ1v) is 5.55. The molecule has 0 aliphatic carbocycles. The van der Waals surface area contributed by atoms with E-state index in [4.69, 9.17) is 26.6 Å². The number of benzene rings is 1. The van der Waals surface area contributed by atoms with Crippen LogP contribution in [0.25, 0.3) is 11.4 Å². The molecule has 0 bridgehead atoms. The smallest absolute Gasteiger partial charge is 0.257 e. The van der Waals surface area contributed by atoms with E-state index in [1.165, 1.54) is 25.3 Å². The summed E-state index contributed by atoms with van der Waals surface area (Å²) in [5, 5.41) is 3.98. The van der Waals surface area contributed by atoms with Crippen LogP contribution < -0.4 is 5.73 Å². The molecule has 7 heteroatoms. The zero-order valence-electron chi connectivity index (χ0n) is 9.56. The molecule has 1 heterocycles. The van der Waals surface area contributed by atoms with Crippen molar-refractivity contribution in [1.29, 1.82) is 0 Å². The van der Waals surface area contributed by atoms with Crippen molar-refractivity contribution in [3.05, 3.63) is 34.9 Å². The molecule has 1 atom stereocenters. The Balaban J connectivity index is 2.34. The summed E-state index contributed by atoms with van der Waals surface area (Å²) in [5.74, 6) is 0.102. The van der Waals surface area contributed by atoms with Crippen molar-refractivity contribution in [1.82, 2.24) is 10.1 Å². The van der Waals surface area contributed by atoms with Crippen molar-refractivity contribution in [2.75, 3.05) is 13.7 Å². The van der Waals surface area contributed by atoms with Crippen molar-refractivity contribution in [2.45, 2.75) is 6.10 Å². The second-order valence-corrected chi connectivity index (χ2v) is 3.95. The van der Waals surface area contributed by atoms with E-state index in [9.17, 15) is 4.39 Å². The molecule has 1 aromatic carbocycles. The van der Waals surface area contributed by atoms with E-state index < -0.39 is 11.9 Å². The van der Waals surface area contributed by atoms with Crippen molar-refractivity contribution >= 4 is 11.6 Å². The highest BCUT2D eigenvalue weighted by Gasteiger charge is 2.18. The minimum Gasteiger partial charge on any atom is -0.370 e. The number of nitrogens with two attached hydrogens (primary N) is 1. The van der Waals surface area contributed by atoms with Crippen LogP contribution in [0.1, 0.15) is 12.0 Å². The van der Waals surface area contributed by atoms with E-state index in [0.717, 1.165) is 0 Å². The maximum absolute atomic E-state index is 12.9. The molecule has 2 rings (SSSR count). The number of methoxy groups -OCH3 is 1. The lowest BCUT2D eigenvalue weighted by molar-refractivity contribution is 0.0804. The summed E-state index contributed by atoms with van der Waals surface area (Å²) in [6, 6.07) is 3.94. The van der Waals surface area contributed by atoms with Gasteiger partial charge in [0, 0.05) is 19.2 Å². The summed E-state index contributed by atoms with van der Waals surface area (Å²) >= 11 is 5.90. The number of aromatic nitrogens is 2. The van der Waals surface area contributed by atoms with Crippen LogP contribution in [0.15, 0.2) is 22.7 Å². The molecular weight excluding hydrogens is 261 g/mol. The summed E-state index contributed by atoms with van der Waals surface area (Å²) in [6.45, 7) is 0.218. The fourth-order valence-corrected chi connectivity index (χ4v) is 1.70. The van der Waals surface area contributed by atoms with Gasteiger partial charge in [-0.05, 0) is 18.2 Å². The molecule has 0 saturated heterocycles. The van der Waals surface area contributed by atoms with Gasteiger partial charge in [0.1, 0.15) is 11.9 Å². The highest BCUT2D eigenvalue weighted by molar-refractivity contribution is 6.33. The Morgan fingerprint density at radius 2 is 2.33 bits per heavy atom. The molecule has 1 aromatic heterocycles. The van der Waals surface area contributed by atoms with Crippen LogP contribution in [0.4, 0.5) is 4.39 Å². The van der Waals surface area contributed by atoms with E-state index in [1.807, 2.05) is 0 Å². The average Bonchev–Trinajstić information content (AvgIpc) is 2.80. The number of halogens is 2. The molecule has 0 aliphatic rings. The molecule has 1 unspecified atom stereocenters. The van der Waals surface area contributed by atoms with E-state index in [2.05, 4.69) is 10.1 Å². The number of ether oxygens (including phenoxy) is 1.